The zero-order valence-electron chi connectivity index (χ0n) is 11.8. The average molecular weight is 286 g/mol. The second-order valence-electron chi connectivity index (χ2n) is 5.30. The molecule has 1 amide bonds. The Morgan fingerprint density at radius 1 is 1.24 bits per heavy atom. The molecule has 0 saturated heterocycles. The smallest absolute Gasteiger partial charge is 0.266 e. The summed E-state index contributed by atoms with van der Waals surface area (Å²) >= 11 is 0. The quantitative estimate of drug-likeness (QED) is 0.931. The summed E-state index contributed by atoms with van der Waals surface area (Å²) in [5.41, 5.74) is 0.615. The lowest BCUT2D eigenvalue weighted by Gasteiger charge is -2.22. The lowest BCUT2D eigenvalue weighted by atomic mass is 9.95. The molecule has 1 aliphatic carbocycles. The highest BCUT2D eigenvalue weighted by molar-refractivity contribution is 5.77. The van der Waals surface area contributed by atoms with Gasteiger partial charge in [0.25, 0.3) is 5.89 Å². The zero-order valence-corrected chi connectivity index (χ0v) is 11.8. The lowest BCUT2D eigenvalue weighted by Crippen LogP contribution is -2.37. The summed E-state index contributed by atoms with van der Waals surface area (Å²) in [5, 5.41) is 10.9. The Balaban J connectivity index is 1.58. The van der Waals surface area contributed by atoms with Crippen molar-refractivity contribution >= 4 is 5.91 Å². The second kappa shape index (κ2) is 6.47. The molecule has 0 spiro atoms. The SMILES string of the molecule is O=C(Cc1nnc(-c2ccccn2)o1)NC1CCCCC1. The Morgan fingerprint density at radius 3 is 2.86 bits per heavy atom. The summed E-state index contributed by atoms with van der Waals surface area (Å²) in [6.07, 6.45) is 7.56. The van der Waals surface area contributed by atoms with Gasteiger partial charge < -0.3 is 9.73 Å². The fourth-order valence-electron chi connectivity index (χ4n) is 2.58. The fourth-order valence-corrected chi connectivity index (χ4v) is 2.58. The van der Waals surface area contributed by atoms with Gasteiger partial charge in [-0.25, -0.2) is 0 Å². The number of hydrogen-bond acceptors (Lipinski definition) is 5. The summed E-state index contributed by atoms with van der Waals surface area (Å²) < 4.78 is 5.48. The van der Waals surface area contributed by atoms with Crippen molar-refractivity contribution in [1.82, 2.24) is 20.5 Å². The molecule has 2 heterocycles. The van der Waals surface area contributed by atoms with Crippen LogP contribution in [0.3, 0.4) is 0 Å². The molecule has 0 unspecified atom stereocenters. The van der Waals surface area contributed by atoms with Crippen LogP contribution in [0, 0.1) is 0 Å². The summed E-state index contributed by atoms with van der Waals surface area (Å²) in [6.45, 7) is 0. The zero-order chi connectivity index (χ0) is 14.5. The molecule has 3 rings (SSSR count). The van der Waals surface area contributed by atoms with Crippen LogP contribution in [-0.2, 0) is 11.2 Å². The van der Waals surface area contributed by atoms with Crippen molar-refractivity contribution < 1.29 is 9.21 Å². The minimum Gasteiger partial charge on any atom is -0.419 e. The van der Waals surface area contributed by atoms with E-state index < -0.39 is 0 Å². The van der Waals surface area contributed by atoms with Crippen LogP contribution in [0.5, 0.6) is 0 Å². The second-order valence-corrected chi connectivity index (χ2v) is 5.30. The summed E-state index contributed by atoms with van der Waals surface area (Å²) in [7, 11) is 0. The molecular formula is C15H18N4O2. The molecular weight excluding hydrogens is 268 g/mol. The first-order valence-electron chi connectivity index (χ1n) is 7.34. The van der Waals surface area contributed by atoms with Gasteiger partial charge in [-0.2, -0.15) is 0 Å². The molecule has 21 heavy (non-hydrogen) atoms. The summed E-state index contributed by atoms with van der Waals surface area (Å²) in [6, 6.07) is 5.75. The van der Waals surface area contributed by atoms with Gasteiger partial charge in [0.1, 0.15) is 12.1 Å². The van der Waals surface area contributed by atoms with Crippen molar-refractivity contribution in [1.29, 1.82) is 0 Å². The highest BCUT2D eigenvalue weighted by Gasteiger charge is 2.18. The van der Waals surface area contributed by atoms with Crippen LogP contribution in [0.2, 0.25) is 0 Å². The number of nitrogens with one attached hydrogen (secondary N) is 1. The van der Waals surface area contributed by atoms with E-state index >= 15 is 0 Å². The monoisotopic (exact) mass is 286 g/mol. The van der Waals surface area contributed by atoms with Crippen LogP contribution in [0.25, 0.3) is 11.6 Å². The van der Waals surface area contributed by atoms with E-state index in [1.807, 2.05) is 12.1 Å². The van der Waals surface area contributed by atoms with E-state index in [0.29, 0.717) is 23.5 Å². The number of aromatic nitrogens is 3. The summed E-state index contributed by atoms with van der Waals surface area (Å²) in [5.74, 6) is 0.609. The molecule has 1 aliphatic rings. The third-order valence-electron chi connectivity index (χ3n) is 3.63. The molecule has 1 fully saturated rings. The van der Waals surface area contributed by atoms with Crippen LogP contribution >= 0.6 is 0 Å². The number of amides is 1. The van der Waals surface area contributed by atoms with Crippen LogP contribution in [0.4, 0.5) is 0 Å². The highest BCUT2D eigenvalue weighted by atomic mass is 16.4. The first-order valence-corrected chi connectivity index (χ1v) is 7.34. The van der Waals surface area contributed by atoms with E-state index in [1.165, 1.54) is 19.3 Å². The van der Waals surface area contributed by atoms with Gasteiger partial charge in [0, 0.05) is 12.2 Å². The lowest BCUT2D eigenvalue weighted by molar-refractivity contribution is -0.121. The van der Waals surface area contributed by atoms with Crippen LogP contribution in [-0.4, -0.2) is 27.1 Å². The van der Waals surface area contributed by atoms with Gasteiger partial charge in [-0.3, -0.25) is 9.78 Å². The maximum Gasteiger partial charge on any atom is 0.266 e. The molecule has 2 aromatic heterocycles. The minimum absolute atomic E-state index is 0.0573. The molecule has 1 N–H and O–H groups in total. The van der Waals surface area contributed by atoms with Gasteiger partial charge in [-0.05, 0) is 25.0 Å². The molecule has 1 saturated carbocycles. The van der Waals surface area contributed by atoms with Crippen molar-refractivity contribution in [3.05, 3.63) is 30.3 Å². The summed E-state index contributed by atoms with van der Waals surface area (Å²) in [4.78, 5) is 16.1. The van der Waals surface area contributed by atoms with Gasteiger partial charge in [-0.1, -0.05) is 25.3 Å². The molecule has 6 heteroatoms. The Hall–Kier alpha value is -2.24. The van der Waals surface area contributed by atoms with Gasteiger partial charge >= 0.3 is 0 Å². The standard InChI is InChI=1S/C15H18N4O2/c20-13(17-11-6-2-1-3-7-11)10-14-18-19-15(21-14)12-8-4-5-9-16-12/h4-5,8-9,11H,1-3,6-7,10H2,(H,17,20). The number of hydrogen-bond donors (Lipinski definition) is 1. The van der Waals surface area contributed by atoms with Crippen molar-refractivity contribution in [3.63, 3.8) is 0 Å². The number of rotatable bonds is 4. The first kappa shape index (κ1) is 13.7. The molecule has 0 aromatic carbocycles. The van der Waals surface area contributed by atoms with Crippen molar-refractivity contribution in [2.45, 2.75) is 44.6 Å². The molecule has 110 valence electrons. The van der Waals surface area contributed by atoms with Gasteiger partial charge in [0.2, 0.25) is 11.8 Å². The average Bonchev–Trinajstić information content (AvgIpc) is 2.97. The third-order valence-corrected chi connectivity index (χ3v) is 3.63. The Labute approximate surface area is 123 Å². The highest BCUT2D eigenvalue weighted by Crippen LogP contribution is 2.18. The molecule has 0 bridgehead atoms. The number of carbonyl (C=O) groups is 1. The van der Waals surface area contributed by atoms with Gasteiger partial charge in [-0.15, -0.1) is 10.2 Å². The maximum atomic E-state index is 12.0. The first-order chi connectivity index (χ1) is 10.3. The number of nitrogens with zero attached hydrogens (tertiary/aromatic N) is 3. The number of pyridine rings is 1. The Kier molecular flexibility index (Phi) is 4.23. The van der Waals surface area contributed by atoms with Gasteiger partial charge in [0.05, 0.1) is 0 Å². The van der Waals surface area contributed by atoms with E-state index in [4.69, 9.17) is 4.42 Å². The minimum atomic E-state index is -0.0573. The molecule has 0 aliphatic heterocycles. The molecule has 2 aromatic rings. The largest absolute Gasteiger partial charge is 0.419 e. The fraction of sp³-hybridized carbons (Fsp3) is 0.467. The van der Waals surface area contributed by atoms with Crippen molar-refractivity contribution in [3.8, 4) is 11.6 Å². The van der Waals surface area contributed by atoms with E-state index in [2.05, 4.69) is 20.5 Å². The van der Waals surface area contributed by atoms with E-state index in [-0.39, 0.29) is 12.3 Å². The third kappa shape index (κ3) is 3.65. The normalized spacial score (nSPS) is 15.8. The van der Waals surface area contributed by atoms with Crippen molar-refractivity contribution in [2.24, 2.45) is 0 Å². The van der Waals surface area contributed by atoms with Crippen molar-refractivity contribution in [2.75, 3.05) is 0 Å². The van der Waals surface area contributed by atoms with Crippen LogP contribution < -0.4 is 5.32 Å². The topological polar surface area (TPSA) is 80.9 Å². The van der Waals surface area contributed by atoms with Gasteiger partial charge in [0.15, 0.2) is 0 Å². The molecule has 0 atom stereocenters. The van der Waals surface area contributed by atoms with Crippen LogP contribution in [0.1, 0.15) is 38.0 Å². The Bertz CT molecular complexity index is 591. The Morgan fingerprint density at radius 2 is 2.10 bits per heavy atom. The molecule has 6 nitrogen and oxygen atoms in total. The predicted molar refractivity (Wildman–Crippen MR) is 76.2 cm³/mol. The van der Waals surface area contributed by atoms with E-state index in [1.54, 1.807) is 12.3 Å². The van der Waals surface area contributed by atoms with Crippen LogP contribution in [0.15, 0.2) is 28.8 Å². The van der Waals surface area contributed by atoms with E-state index in [0.717, 1.165) is 12.8 Å². The predicted octanol–water partition coefficient (Wildman–Crippen LogP) is 2.12. The maximum absolute atomic E-state index is 12.0. The number of carbonyl (C=O) groups excluding carboxylic acids is 1. The molecule has 0 radical (unpaired) electrons. The van der Waals surface area contributed by atoms with E-state index in [9.17, 15) is 4.79 Å².